The van der Waals surface area contributed by atoms with Crippen molar-refractivity contribution >= 4 is 28.5 Å². The van der Waals surface area contributed by atoms with Crippen LogP contribution in [-0.2, 0) is 11.2 Å². The highest BCUT2D eigenvalue weighted by Crippen LogP contribution is 2.38. The fraction of sp³-hybridized carbons (Fsp3) is 0.560. The maximum Gasteiger partial charge on any atom is 0.183 e. The Balaban J connectivity index is 1.40. The molecule has 3 aliphatic heterocycles. The van der Waals surface area contributed by atoms with Crippen LogP contribution in [0.1, 0.15) is 50.4 Å². The van der Waals surface area contributed by atoms with Crippen molar-refractivity contribution in [2.45, 2.75) is 51.2 Å². The van der Waals surface area contributed by atoms with Gasteiger partial charge in [-0.2, -0.15) is 5.26 Å². The van der Waals surface area contributed by atoms with Gasteiger partial charge in [-0.25, -0.2) is 14.6 Å². The number of piperidine rings is 1. The zero-order chi connectivity index (χ0) is 23.8. The summed E-state index contributed by atoms with van der Waals surface area (Å²) in [5.74, 6) is 1.62. The van der Waals surface area contributed by atoms with E-state index in [2.05, 4.69) is 26.9 Å². The molecule has 6 heterocycles. The maximum absolute atomic E-state index is 9.61. The molecule has 10 nitrogen and oxygen atoms in total. The molecule has 2 fully saturated rings. The van der Waals surface area contributed by atoms with E-state index >= 15 is 0 Å². The molecule has 3 aromatic heterocycles. The van der Waals surface area contributed by atoms with Crippen LogP contribution < -0.4 is 15.5 Å². The SMILES string of the molecule is N#CC1(CN)CCN(c2cnc3c(N4CCCc5ncccc54)nn(C4CCCCO4)c3n2)CC1. The van der Waals surface area contributed by atoms with Crippen molar-refractivity contribution in [3.63, 3.8) is 0 Å². The zero-order valence-corrected chi connectivity index (χ0v) is 19.9. The van der Waals surface area contributed by atoms with Crippen LogP contribution in [0.4, 0.5) is 17.3 Å². The van der Waals surface area contributed by atoms with E-state index in [9.17, 15) is 5.26 Å². The van der Waals surface area contributed by atoms with E-state index in [0.29, 0.717) is 6.54 Å². The molecule has 6 rings (SSSR count). The molecule has 0 bridgehead atoms. The minimum atomic E-state index is -0.436. The summed E-state index contributed by atoms with van der Waals surface area (Å²) in [6, 6.07) is 6.52. The molecule has 10 heteroatoms. The molecule has 2 N–H and O–H groups in total. The molecular weight excluding hydrogens is 442 g/mol. The topological polar surface area (TPSA) is 122 Å². The van der Waals surface area contributed by atoms with Crippen LogP contribution in [0, 0.1) is 16.7 Å². The first kappa shape index (κ1) is 22.2. The van der Waals surface area contributed by atoms with Gasteiger partial charge in [0.05, 0.1) is 29.1 Å². The lowest BCUT2D eigenvalue weighted by Crippen LogP contribution is -2.43. The van der Waals surface area contributed by atoms with Gasteiger partial charge in [0.2, 0.25) is 0 Å². The summed E-state index contributed by atoms with van der Waals surface area (Å²) in [5, 5.41) is 14.7. The maximum atomic E-state index is 9.61. The summed E-state index contributed by atoms with van der Waals surface area (Å²) in [6.07, 6.45) is 10.1. The molecule has 2 saturated heterocycles. The highest BCUT2D eigenvalue weighted by molar-refractivity contribution is 5.88. The van der Waals surface area contributed by atoms with Gasteiger partial charge < -0.3 is 20.3 Å². The van der Waals surface area contributed by atoms with Crippen LogP contribution in [0.25, 0.3) is 11.2 Å². The van der Waals surface area contributed by atoms with Crippen molar-refractivity contribution in [2.75, 3.05) is 42.6 Å². The average molecular weight is 474 g/mol. The average Bonchev–Trinajstić information content (AvgIpc) is 3.32. The van der Waals surface area contributed by atoms with Crippen LogP contribution in [-0.4, -0.2) is 57.5 Å². The predicted octanol–water partition coefficient (Wildman–Crippen LogP) is 3.07. The summed E-state index contributed by atoms with van der Waals surface area (Å²) in [4.78, 5) is 19.0. The predicted molar refractivity (Wildman–Crippen MR) is 132 cm³/mol. The van der Waals surface area contributed by atoms with E-state index in [0.717, 1.165) is 105 Å². The van der Waals surface area contributed by atoms with E-state index in [-0.39, 0.29) is 6.23 Å². The molecule has 35 heavy (non-hydrogen) atoms. The minimum Gasteiger partial charge on any atom is -0.356 e. The number of pyridine rings is 1. The van der Waals surface area contributed by atoms with E-state index in [1.807, 2.05) is 23.1 Å². The molecule has 0 saturated carbocycles. The third-order valence-corrected chi connectivity index (χ3v) is 7.68. The quantitative estimate of drug-likeness (QED) is 0.609. The van der Waals surface area contributed by atoms with Gasteiger partial charge in [-0.3, -0.25) is 4.98 Å². The molecule has 3 aromatic rings. The number of fused-ring (bicyclic) bond motifs is 2. The van der Waals surface area contributed by atoms with E-state index in [4.69, 9.17) is 25.5 Å². The molecule has 1 unspecified atom stereocenters. The molecule has 0 radical (unpaired) electrons. The first-order chi connectivity index (χ1) is 17.2. The molecule has 0 aliphatic carbocycles. The Hall–Kier alpha value is -3.29. The summed E-state index contributed by atoms with van der Waals surface area (Å²) < 4.78 is 8.06. The molecule has 0 amide bonds. The van der Waals surface area contributed by atoms with Crippen LogP contribution in [0.5, 0.6) is 0 Å². The fourth-order valence-electron chi connectivity index (χ4n) is 5.47. The normalized spacial score (nSPS) is 22.1. The summed E-state index contributed by atoms with van der Waals surface area (Å²) >= 11 is 0. The van der Waals surface area contributed by atoms with Crippen LogP contribution in [0.15, 0.2) is 24.5 Å². The smallest absolute Gasteiger partial charge is 0.183 e. The van der Waals surface area contributed by atoms with Gasteiger partial charge in [0.15, 0.2) is 23.2 Å². The Labute approximate surface area is 204 Å². The second kappa shape index (κ2) is 9.06. The molecule has 1 atom stereocenters. The van der Waals surface area contributed by atoms with Crippen molar-refractivity contribution in [3.8, 4) is 6.07 Å². The number of nitriles is 1. The summed E-state index contributed by atoms with van der Waals surface area (Å²) in [7, 11) is 0. The van der Waals surface area contributed by atoms with Crippen molar-refractivity contribution in [3.05, 3.63) is 30.2 Å². The lowest BCUT2D eigenvalue weighted by molar-refractivity contribution is -0.0368. The first-order valence-electron chi connectivity index (χ1n) is 12.7. The van der Waals surface area contributed by atoms with Crippen molar-refractivity contribution in [1.82, 2.24) is 24.7 Å². The zero-order valence-electron chi connectivity index (χ0n) is 19.9. The fourth-order valence-corrected chi connectivity index (χ4v) is 5.47. The number of anilines is 3. The molecule has 0 spiro atoms. The van der Waals surface area contributed by atoms with Gasteiger partial charge in [-0.1, -0.05) is 0 Å². The summed E-state index contributed by atoms with van der Waals surface area (Å²) in [5.41, 5.74) is 9.19. The summed E-state index contributed by atoms with van der Waals surface area (Å²) in [6.45, 7) is 3.45. The van der Waals surface area contributed by atoms with Crippen LogP contribution in [0.3, 0.4) is 0 Å². The van der Waals surface area contributed by atoms with Gasteiger partial charge in [0.1, 0.15) is 5.82 Å². The Kier molecular flexibility index (Phi) is 5.74. The van der Waals surface area contributed by atoms with Gasteiger partial charge in [-0.15, -0.1) is 5.10 Å². The van der Waals surface area contributed by atoms with Crippen LogP contribution in [0.2, 0.25) is 0 Å². The van der Waals surface area contributed by atoms with Crippen molar-refractivity contribution < 1.29 is 4.74 Å². The van der Waals surface area contributed by atoms with Crippen molar-refractivity contribution in [2.24, 2.45) is 11.1 Å². The van der Waals surface area contributed by atoms with Crippen LogP contribution >= 0.6 is 0 Å². The Bertz CT molecular complexity index is 1250. The number of hydrogen-bond acceptors (Lipinski definition) is 9. The first-order valence-corrected chi connectivity index (χ1v) is 12.7. The van der Waals surface area contributed by atoms with Gasteiger partial charge in [-0.05, 0) is 57.1 Å². The number of nitrogens with two attached hydrogens (primary N) is 1. The lowest BCUT2D eigenvalue weighted by Gasteiger charge is -2.37. The third-order valence-electron chi connectivity index (χ3n) is 7.68. The molecular formula is C25H31N9O. The Morgan fingerprint density at radius 2 is 2.06 bits per heavy atom. The number of hydrogen-bond donors (Lipinski definition) is 1. The van der Waals surface area contributed by atoms with Gasteiger partial charge in [0, 0.05) is 39.0 Å². The third kappa shape index (κ3) is 3.89. The molecule has 182 valence electrons. The molecule has 0 aromatic carbocycles. The highest BCUT2D eigenvalue weighted by atomic mass is 16.5. The van der Waals surface area contributed by atoms with Gasteiger partial charge >= 0.3 is 0 Å². The van der Waals surface area contributed by atoms with E-state index in [1.165, 1.54) is 0 Å². The van der Waals surface area contributed by atoms with E-state index < -0.39 is 5.41 Å². The molecule has 3 aliphatic rings. The largest absolute Gasteiger partial charge is 0.356 e. The van der Waals surface area contributed by atoms with E-state index in [1.54, 1.807) is 0 Å². The number of aromatic nitrogens is 5. The number of aryl methyl sites for hydroxylation is 1. The Morgan fingerprint density at radius 1 is 1.17 bits per heavy atom. The highest BCUT2D eigenvalue weighted by Gasteiger charge is 2.35. The minimum absolute atomic E-state index is 0.146. The van der Waals surface area contributed by atoms with Gasteiger partial charge in [0.25, 0.3) is 0 Å². The van der Waals surface area contributed by atoms with Crippen molar-refractivity contribution in [1.29, 1.82) is 5.26 Å². The number of rotatable bonds is 4. The lowest BCUT2D eigenvalue weighted by atomic mass is 9.80. The second-order valence-electron chi connectivity index (χ2n) is 9.80. The second-order valence-corrected chi connectivity index (χ2v) is 9.80. The standard InChI is InChI=1S/C25H31N9O/c26-16-25(17-27)8-12-32(13-9-25)20-15-29-22-23(30-20)34(21-7-1-2-14-35-21)31-24(22)33-11-4-5-18-19(33)6-3-10-28-18/h3,6,10,15,21H,1-2,4-5,7-9,11-14,16,26H2. The Morgan fingerprint density at radius 3 is 2.83 bits per heavy atom. The monoisotopic (exact) mass is 473 g/mol. The number of nitrogens with zero attached hydrogens (tertiary/aromatic N) is 8. The number of ether oxygens (including phenoxy) is 1.